The molecule has 1 heterocycles. The van der Waals surface area contributed by atoms with Gasteiger partial charge in [-0.1, -0.05) is 30.3 Å². The Labute approximate surface area is 160 Å². The second-order valence-electron chi connectivity index (χ2n) is 7.17. The molecule has 3 rings (SSSR count). The summed E-state index contributed by atoms with van der Waals surface area (Å²) in [5.41, 5.74) is 4.00. The van der Waals surface area contributed by atoms with Crippen molar-refractivity contribution in [3.63, 3.8) is 0 Å². The molecule has 1 saturated heterocycles. The molecular formula is C22H26N2O3. The Morgan fingerprint density at radius 1 is 1.22 bits per heavy atom. The van der Waals surface area contributed by atoms with E-state index in [4.69, 9.17) is 4.74 Å². The number of aryl methyl sites for hydroxylation is 2. The fourth-order valence-electron chi connectivity index (χ4n) is 3.61. The molecule has 0 radical (unpaired) electrons. The van der Waals surface area contributed by atoms with Gasteiger partial charge in [0, 0.05) is 13.0 Å². The first-order valence-corrected chi connectivity index (χ1v) is 9.21. The molecule has 1 N–H and O–H groups in total. The Bertz CT molecular complexity index is 862. The third-order valence-corrected chi connectivity index (χ3v) is 5.13. The van der Waals surface area contributed by atoms with E-state index in [2.05, 4.69) is 5.32 Å². The molecule has 1 aliphatic rings. The summed E-state index contributed by atoms with van der Waals surface area (Å²) in [5.74, 6) is 0.133. The van der Waals surface area contributed by atoms with Gasteiger partial charge in [0.15, 0.2) is 0 Å². The van der Waals surface area contributed by atoms with Gasteiger partial charge in [-0.2, -0.15) is 0 Å². The quantitative estimate of drug-likeness (QED) is 0.880. The summed E-state index contributed by atoms with van der Waals surface area (Å²) in [5, 5.41) is 3.06. The Balaban J connectivity index is 1.73. The van der Waals surface area contributed by atoms with Crippen LogP contribution in [0.3, 0.4) is 0 Å². The number of nitrogens with one attached hydrogen (secondary N) is 1. The van der Waals surface area contributed by atoms with Crippen LogP contribution >= 0.6 is 0 Å². The minimum Gasteiger partial charge on any atom is -0.495 e. The molecule has 142 valence electrons. The van der Waals surface area contributed by atoms with Crippen molar-refractivity contribution in [3.05, 3.63) is 59.2 Å². The van der Waals surface area contributed by atoms with Crippen molar-refractivity contribution in [2.75, 3.05) is 18.6 Å². The summed E-state index contributed by atoms with van der Waals surface area (Å²) in [6.45, 7) is 6.34. The summed E-state index contributed by atoms with van der Waals surface area (Å²) >= 11 is 0. The predicted octanol–water partition coefficient (Wildman–Crippen LogP) is 3.54. The number of ether oxygens (including phenoxy) is 1. The van der Waals surface area contributed by atoms with E-state index in [-0.39, 0.29) is 30.2 Å². The number of amides is 2. The molecule has 0 aromatic heterocycles. The molecule has 2 aromatic rings. The standard InChI is InChI=1S/C22H26N2O3/c1-14-9-10-20(27-4)19(11-14)24-13-17(12-21(24)25)22(26)23-16(3)18-8-6-5-7-15(18)2/h5-11,16-17H,12-13H2,1-4H3,(H,23,26). The lowest BCUT2D eigenvalue weighted by Gasteiger charge is -2.21. The second kappa shape index (κ2) is 7.82. The maximum Gasteiger partial charge on any atom is 0.227 e. The molecule has 27 heavy (non-hydrogen) atoms. The van der Waals surface area contributed by atoms with Crippen molar-refractivity contribution in [3.8, 4) is 5.75 Å². The highest BCUT2D eigenvalue weighted by atomic mass is 16.5. The van der Waals surface area contributed by atoms with Crippen molar-refractivity contribution in [2.24, 2.45) is 5.92 Å². The molecule has 1 fully saturated rings. The Hall–Kier alpha value is -2.82. The normalized spacial score (nSPS) is 17.7. The van der Waals surface area contributed by atoms with E-state index in [1.807, 2.05) is 63.2 Å². The van der Waals surface area contributed by atoms with E-state index in [0.717, 1.165) is 22.4 Å². The van der Waals surface area contributed by atoms with Gasteiger partial charge < -0.3 is 15.0 Å². The largest absolute Gasteiger partial charge is 0.495 e. The van der Waals surface area contributed by atoms with Gasteiger partial charge in [0.25, 0.3) is 0 Å². The van der Waals surface area contributed by atoms with E-state index in [0.29, 0.717) is 12.3 Å². The molecule has 5 heteroatoms. The van der Waals surface area contributed by atoms with Crippen LogP contribution in [0.5, 0.6) is 5.75 Å². The third kappa shape index (κ3) is 3.97. The number of carbonyl (C=O) groups excluding carboxylic acids is 2. The maximum absolute atomic E-state index is 12.8. The molecule has 0 bridgehead atoms. The maximum atomic E-state index is 12.8. The monoisotopic (exact) mass is 366 g/mol. The van der Waals surface area contributed by atoms with Crippen LogP contribution in [-0.2, 0) is 9.59 Å². The van der Waals surface area contributed by atoms with Crippen LogP contribution in [-0.4, -0.2) is 25.5 Å². The van der Waals surface area contributed by atoms with Crippen LogP contribution in [0.2, 0.25) is 0 Å². The molecule has 0 aliphatic carbocycles. The van der Waals surface area contributed by atoms with Crippen molar-refractivity contribution < 1.29 is 14.3 Å². The third-order valence-electron chi connectivity index (χ3n) is 5.13. The van der Waals surface area contributed by atoms with Gasteiger partial charge in [-0.3, -0.25) is 9.59 Å². The summed E-state index contributed by atoms with van der Waals surface area (Å²) < 4.78 is 5.40. The highest BCUT2D eigenvalue weighted by Gasteiger charge is 2.36. The van der Waals surface area contributed by atoms with Gasteiger partial charge >= 0.3 is 0 Å². The number of anilines is 1. The number of benzene rings is 2. The Kier molecular flexibility index (Phi) is 5.49. The smallest absolute Gasteiger partial charge is 0.227 e. The highest BCUT2D eigenvalue weighted by Crippen LogP contribution is 2.34. The zero-order valence-electron chi connectivity index (χ0n) is 16.3. The van der Waals surface area contributed by atoms with Crippen LogP contribution in [0.25, 0.3) is 0 Å². The molecule has 5 nitrogen and oxygen atoms in total. The van der Waals surface area contributed by atoms with E-state index in [1.165, 1.54) is 0 Å². The van der Waals surface area contributed by atoms with Crippen molar-refractivity contribution in [2.45, 2.75) is 33.2 Å². The van der Waals surface area contributed by atoms with Gasteiger partial charge in [-0.15, -0.1) is 0 Å². The van der Waals surface area contributed by atoms with E-state index >= 15 is 0 Å². The molecule has 0 saturated carbocycles. The zero-order chi connectivity index (χ0) is 19.6. The minimum absolute atomic E-state index is 0.0532. The number of rotatable bonds is 5. The average molecular weight is 366 g/mol. The van der Waals surface area contributed by atoms with E-state index in [9.17, 15) is 9.59 Å². The molecule has 1 aliphatic heterocycles. The summed E-state index contributed by atoms with van der Waals surface area (Å²) in [6, 6.07) is 13.6. The lowest BCUT2D eigenvalue weighted by molar-refractivity contribution is -0.126. The van der Waals surface area contributed by atoms with Crippen molar-refractivity contribution in [1.29, 1.82) is 0 Å². The molecule has 2 unspecified atom stereocenters. The molecule has 2 aromatic carbocycles. The lowest BCUT2D eigenvalue weighted by Crippen LogP contribution is -2.34. The minimum atomic E-state index is -0.366. The second-order valence-corrected chi connectivity index (χ2v) is 7.17. The van der Waals surface area contributed by atoms with E-state index < -0.39 is 0 Å². The number of carbonyl (C=O) groups is 2. The number of hydrogen-bond acceptors (Lipinski definition) is 3. The SMILES string of the molecule is COc1ccc(C)cc1N1CC(C(=O)NC(C)c2ccccc2C)CC1=O. The predicted molar refractivity (Wildman–Crippen MR) is 106 cm³/mol. The lowest BCUT2D eigenvalue weighted by atomic mass is 10.0. The van der Waals surface area contributed by atoms with E-state index in [1.54, 1.807) is 12.0 Å². The van der Waals surface area contributed by atoms with Crippen molar-refractivity contribution >= 4 is 17.5 Å². The Morgan fingerprint density at radius 3 is 2.67 bits per heavy atom. The summed E-state index contributed by atoms with van der Waals surface area (Å²) in [4.78, 5) is 27.0. The summed E-state index contributed by atoms with van der Waals surface area (Å²) in [6.07, 6.45) is 0.212. The fraction of sp³-hybridized carbons (Fsp3) is 0.364. The highest BCUT2D eigenvalue weighted by molar-refractivity contribution is 6.01. The van der Waals surface area contributed by atoms with Gasteiger partial charge in [-0.25, -0.2) is 0 Å². The van der Waals surface area contributed by atoms with Crippen molar-refractivity contribution in [1.82, 2.24) is 5.32 Å². The molecular weight excluding hydrogens is 340 g/mol. The zero-order valence-corrected chi connectivity index (χ0v) is 16.3. The summed E-state index contributed by atoms with van der Waals surface area (Å²) in [7, 11) is 1.59. The number of methoxy groups -OCH3 is 1. The first-order chi connectivity index (χ1) is 12.9. The van der Waals surface area contributed by atoms with Crippen LogP contribution in [0, 0.1) is 19.8 Å². The molecule has 2 amide bonds. The number of hydrogen-bond donors (Lipinski definition) is 1. The van der Waals surface area contributed by atoms with Gasteiger partial charge in [0.05, 0.1) is 24.8 Å². The molecule has 0 spiro atoms. The number of nitrogens with zero attached hydrogens (tertiary/aromatic N) is 1. The first kappa shape index (κ1) is 19.0. The average Bonchev–Trinajstić information content (AvgIpc) is 3.03. The topological polar surface area (TPSA) is 58.6 Å². The van der Waals surface area contributed by atoms with Crippen LogP contribution < -0.4 is 15.0 Å². The van der Waals surface area contributed by atoms with Crippen LogP contribution in [0.4, 0.5) is 5.69 Å². The Morgan fingerprint density at radius 2 is 1.96 bits per heavy atom. The fourth-order valence-corrected chi connectivity index (χ4v) is 3.61. The van der Waals surface area contributed by atoms with Gasteiger partial charge in [0.1, 0.15) is 5.75 Å². The first-order valence-electron chi connectivity index (χ1n) is 9.21. The van der Waals surface area contributed by atoms with Gasteiger partial charge in [-0.05, 0) is 49.6 Å². The molecule has 2 atom stereocenters. The van der Waals surface area contributed by atoms with Crippen LogP contribution in [0.15, 0.2) is 42.5 Å². The van der Waals surface area contributed by atoms with Gasteiger partial charge in [0.2, 0.25) is 11.8 Å². The van der Waals surface area contributed by atoms with Crippen LogP contribution in [0.1, 0.15) is 36.1 Å².